The molecule has 0 radical (unpaired) electrons. The molecule has 0 aliphatic carbocycles. The van der Waals surface area contributed by atoms with Gasteiger partial charge in [0.2, 0.25) is 5.88 Å². The van der Waals surface area contributed by atoms with Gasteiger partial charge in [0.05, 0.1) is 24.4 Å². The van der Waals surface area contributed by atoms with E-state index in [0.29, 0.717) is 10.9 Å². The van der Waals surface area contributed by atoms with Crippen LogP contribution in [0, 0.1) is 0 Å². The maximum Gasteiger partial charge on any atom is 0.434 e. The number of benzene rings is 1. The molecule has 0 fully saturated rings. The van der Waals surface area contributed by atoms with Gasteiger partial charge < -0.3 is 9.84 Å². The summed E-state index contributed by atoms with van der Waals surface area (Å²) in [6, 6.07) is 6.00. The minimum Gasteiger partial charge on any atom is -0.507 e. The SMILES string of the molecule is COc1ccc(-n2ncc(C(=O)NNC(=O)c3cc(Cl)ccc3O)c2C(F)(F)F)nn1. The van der Waals surface area contributed by atoms with Crippen LogP contribution >= 0.6 is 11.6 Å². The van der Waals surface area contributed by atoms with Crippen LogP contribution in [0.5, 0.6) is 11.6 Å². The molecule has 0 aliphatic heterocycles. The molecular formula is C17H12ClF3N6O4. The highest BCUT2D eigenvalue weighted by molar-refractivity contribution is 6.31. The lowest BCUT2D eigenvalue weighted by molar-refractivity contribution is -0.143. The van der Waals surface area contributed by atoms with E-state index < -0.39 is 35.0 Å². The number of nitrogens with zero attached hydrogens (tertiary/aromatic N) is 4. The Bertz CT molecular complexity index is 1130. The number of carbonyl (C=O) groups excluding carboxylic acids is 2. The van der Waals surface area contributed by atoms with Crippen molar-refractivity contribution in [2.24, 2.45) is 0 Å². The molecule has 1 aromatic carbocycles. The number of hydrogen-bond acceptors (Lipinski definition) is 7. The first kappa shape index (κ1) is 21.8. The zero-order chi connectivity index (χ0) is 22.8. The smallest absolute Gasteiger partial charge is 0.434 e. The number of nitrogens with one attached hydrogen (secondary N) is 2. The number of amides is 2. The van der Waals surface area contributed by atoms with E-state index in [-0.39, 0.29) is 22.3 Å². The van der Waals surface area contributed by atoms with Crippen LogP contribution in [0.3, 0.4) is 0 Å². The fourth-order valence-electron chi connectivity index (χ4n) is 2.43. The van der Waals surface area contributed by atoms with Crippen molar-refractivity contribution in [1.82, 2.24) is 30.8 Å². The Labute approximate surface area is 176 Å². The molecule has 162 valence electrons. The third-order valence-corrected chi connectivity index (χ3v) is 4.06. The number of ether oxygens (including phenoxy) is 1. The molecule has 2 heterocycles. The second-order valence-corrected chi connectivity index (χ2v) is 6.26. The Morgan fingerprint density at radius 3 is 2.35 bits per heavy atom. The molecule has 0 spiro atoms. The minimum atomic E-state index is -5.00. The number of rotatable bonds is 4. The van der Waals surface area contributed by atoms with Crippen molar-refractivity contribution in [3.8, 4) is 17.4 Å². The summed E-state index contributed by atoms with van der Waals surface area (Å²) >= 11 is 5.74. The van der Waals surface area contributed by atoms with Gasteiger partial charge in [0, 0.05) is 11.1 Å². The van der Waals surface area contributed by atoms with Crippen molar-refractivity contribution in [2.75, 3.05) is 7.11 Å². The van der Waals surface area contributed by atoms with Gasteiger partial charge in [-0.05, 0) is 24.3 Å². The van der Waals surface area contributed by atoms with Crippen molar-refractivity contribution in [3.05, 3.63) is 58.4 Å². The summed E-state index contributed by atoms with van der Waals surface area (Å²) in [6.07, 6.45) is -4.34. The molecule has 0 saturated heterocycles. The maximum absolute atomic E-state index is 13.6. The molecule has 2 aromatic heterocycles. The van der Waals surface area contributed by atoms with Gasteiger partial charge in [-0.3, -0.25) is 20.4 Å². The minimum absolute atomic E-state index is 0.0643. The van der Waals surface area contributed by atoms with Crippen molar-refractivity contribution < 1.29 is 32.6 Å². The Morgan fingerprint density at radius 2 is 1.77 bits per heavy atom. The summed E-state index contributed by atoms with van der Waals surface area (Å²) in [5, 5.41) is 20.5. The molecule has 3 N–H and O–H groups in total. The zero-order valence-electron chi connectivity index (χ0n) is 15.4. The largest absolute Gasteiger partial charge is 0.507 e. The summed E-state index contributed by atoms with van der Waals surface area (Å²) in [5.41, 5.74) is 1.11. The summed E-state index contributed by atoms with van der Waals surface area (Å²) in [5.74, 6) is -3.02. The van der Waals surface area contributed by atoms with E-state index in [1.165, 1.54) is 25.3 Å². The molecule has 0 aliphatic rings. The van der Waals surface area contributed by atoms with Gasteiger partial charge in [0.25, 0.3) is 11.8 Å². The molecule has 2 amide bonds. The van der Waals surface area contributed by atoms with Crippen molar-refractivity contribution in [2.45, 2.75) is 6.18 Å². The Balaban J connectivity index is 1.86. The third kappa shape index (κ3) is 4.66. The molecule has 3 aromatic rings. The molecular weight excluding hydrogens is 445 g/mol. The summed E-state index contributed by atoms with van der Waals surface area (Å²) in [7, 11) is 1.30. The van der Waals surface area contributed by atoms with E-state index in [0.717, 1.165) is 12.1 Å². The molecule has 10 nitrogen and oxygen atoms in total. The Hall–Kier alpha value is -3.87. The number of methoxy groups -OCH3 is 1. The molecule has 3 rings (SSSR count). The standard InChI is InChI=1S/C17H12ClF3N6O4/c1-31-13-5-4-12(23-24-13)27-14(17(19,20)21)10(7-22-27)16(30)26-25-15(29)9-6-8(18)2-3-11(9)28/h2-7,28H,1H3,(H,25,29)(H,26,30). The molecule has 0 unspecified atom stereocenters. The summed E-state index contributed by atoms with van der Waals surface area (Å²) in [4.78, 5) is 24.4. The summed E-state index contributed by atoms with van der Waals surface area (Å²) < 4.78 is 46.1. The molecule has 14 heteroatoms. The maximum atomic E-state index is 13.6. The normalized spacial score (nSPS) is 11.1. The van der Waals surface area contributed by atoms with Crippen LogP contribution in [-0.4, -0.2) is 44.0 Å². The van der Waals surface area contributed by atoms with Crippen molar-refractivity contribution in [3.63, 3.8) is 0 Å². The topological polar surface area (TPSA) is 131 Å². The van der Waals surface area contributed by atoms with E-state index in [2.05, 4.69) is 15.3 Å². The zero-order valence-corrected chi connectivity index (χ0v) is 16.2. The Morgan fingerprint density at radius 1 is 1.10 bits per heavy atom. The number of phenols is 1. The van der Waals surface area contributed by atoms with Crippen LogP contribution < -0.4 is 15.6 Å². The number of aromatic hydroxyl groups is 1. The van der Waals surface area contributed by atoms with E-state index in [4.69, 9.17) is 16.3 Å². The number of halogens is 4. The second-order valence-electron chi connectivity index (χ2n) is 5.82. The van der Waals surface area contributed by atoms with Crippen molar-refractivity contribution >= 4 is 23.4 Å². The lowest BCUT2D eigenvalue weighted by Crippen LogP contribution is -2.42. The first-order valence-electron chi connectivity index (χ1n) is 8.24. The number of aromatic nitrogens is 4. The lowest BCUT2D eigenvalue weighted by atomic mass is 10.2. The van der Waals surface area contributed by atoms with Gasteiger partial charge in [-0.25, -0.2) is 4.68 Å². The fraction of sp³-hybridized carbons (Fsp3) is 0.118. The highest BCUT2D eigenvalue weighted by atomic mass is 35.5. The monoisotopic (exact) mass is 456 g/mol. The number of phenolic OH excluding ortho intramolecular Hbond substituents is 1. The van der Waals surface area contributed by atoms with Gasteiger partial charge in [0.15, 0.2) is 11.5 Å². The molecule has 0 atom stereocenters. The Kier molecular flexibility index (Phi) is 5.97. The highest BCUT2D eigenvalue weighted by Crippen LogP contribution is 2.33. The van der Waals surface area contributed by atoms with Gasteiger partial charge in [-0.15, -0.1) is 10.2 Å². The van der Waals surface area contributed by atoms with Gasteiger partial charge in [0.1, 0.15) is 5.75 Å². The van der Waals surface area contributed by atoms with Crippen LogP contribution in [0.4, 0.5) is 13.2 Å². The van der Waals surface area contributed by atoms with Crippen LogP contribution in [0.1, 0.15) is 26.4 Å². The predicted molar refractivity (Wildman–Crippen MR) is 98.8 cm³/mol. The van der Waals surface area contributed by atoms with Crippen LogP contribution in [0.25, 0.3) is 5.82 Å². The number of carbonyl (C=O) groups is 2. The van der Waals surface area contributed by atoms with E-state index in [1.54, 1.807) is 0 Å². The highest BCUT2D eigenvalue weighted by Gasteiger charge is 2.41. The lowest BCUT2D eigenvalue weighted by Gasteiger charge is -2.12. The number of hydrogen-bond donors (Lipinski definition) is 3. The summed E-state index contributed by atoms with van der Waals surface area (Å²) in [6.45, 7) is 0. The van der Waals surface area contributed by atoms with E-state index in [1.807, 2.05) is 10.9 Å². The first-order valence-corrected chi connectivity index (χ1v) is 8.62. The van der Waals surface area contributed by atoms with Crippen LogP contribution in [-0.2, 0) is 6.18 Å². The first-order chi connectivity index (χ1) is 14.6. The van der Waals surface area contributed by atoms with E-state index >= 15 is 0 Å². The average Bonchev–Trinajstić information content (AvgIpc) is 3.19. The predicted octanol–water partition coefficient (Wildman–Crippen LogP) is 2.12. The molecule has 0 saturated carbocycles. The third-order valence-electron chi connectivity index (χ3n) is 3.83. The number of hydrazine groups is 1. The fourth-order valence-corrected chi connectivity index (χ4v) is 2.61. The molecule has 31 heavy (non-hydrogen) atoms. The van der Waals surface area contributed by atoms with Crippen LogP contribution in [0.15, 0.2) is 36.5 Å². The van der Waals surface area contributed by atoms with E-state index in [9.17, 15) is 27.9 Å². The van der Waals surface area contributed by atoms with Gasteiger partial charge >= 0.3 is 6.18 Å². The van der Waals surface area contributed by atoms with Crippen LogP contribution in [0.2, 0.25) is 5.02 Å². The average molecular weight is 457 g/mol. The van der Waals surface area contributed by atoms with Crippen molar-refractivity contribution in [1.29, 1.82) is 0 Å². The quantitative estimate of drug-likeness (QED) is 0.512. The van der Waals surface area contributed by atoms with Gasteiger partial charge in [-0.1, -0.05) is 11.6 Å². The molecule has 0 bridgehead atoms. The number of alkyl halides is 3. The van der Waals surface area contributed by atoms with Gasteiger partial charge in [-0.2, -0.15) is 18.3 Å². The second kappa shape index (κ2) is 8.47.